The monoisotopic (exact) mass is 250 g/mol. The van der Waals surface area contributed by atoms with Gasteiger partial charge in [0, 0.05) is 28.1 Å². The van der Waals surface area contributed by atoms with Crippen molar-refractivity contribution in [1.29, 1.82) is 0 Å². The normalized spacial score (nSPS) is 12.9. The van der Waals surface area contributed by atoms with Gasteiger partial charge in [-0.1, -0.05) is 0 Å². The Labute approximate surface area is 105 Å². The first kappa shape index (κ1) is 12.3. The van der Waals surface area contributed by atoms with Crippen molar-refractivity contribution in [2.75, 3.05) is 0 Å². The molecule has 0 spiro atoms. The van der Waals surface area contributed by atoms with Crippen LogP contribution in [0.1, 0.15) is 33.8 Å². The lowest BCUT2D eigenvalue weighted by atomic mass is 10.1. The fourth-order valence-electron chi connectivity index (χ4n) is 1.79. The van der Waals surface area contributed by atoms with Crippen molar-refractivity contribution in [3.8, 4) is 0 Å². The van der Waals surface area contributed by atoms with Gasteiger partial charge < -0.3 is 0 Å². The van der Waals surface area contributed by atoms with Gasteiger partial charge in [-0.25, -0.2) is 5.43 Å². The molecule has 2 rings (SSSR count). The summed E-state index contributed by atoms with van der Waals surface area (Å²) in [6, 6.07) is 2.22. The molecule has 1 unspecified atom stereocenters. The summed E-state index contributed by atoms with van der Waals surface area (Å²) in [6.45, 7) is 7.20. The lowest BCUT2D eigenvalue weighted by molar-refractivity contribution is 0.637. The number of hydrogen-bond acceptors (Lipinski definition) is 4. The van der Waals surface area contributed by atoms with Crippen LogP contribution in [0, 0.1) is 13.8 Å². The quantitative estimate of drug-likeness (QED) is 0.645. The van der Waals surface area contributed by atoms with E-state index in [4.69, 9.17) is 5.84 Å². The molecule has 0 bridgehead atoms. The van der Waals surface area contributed by atoms with E-state index in [0.717, 1.165) is 12.1 Å². The summed E-state index contributed by atoms with van der Waals surface area (Å²) >= 11 is 1.78. The number of nitrogens with two attached hydrogens (primary N) is 1. The minimum Gasteiger partial charge on any atom is -0.273 e. The van der Waals surface area contributed by atoms with E-state index in [1.807, 2.05) is 17.1 Å². The number of hydrogen-bond donors (Lipinski definition) is 2. The topological polar surface area (TPSA) is 55.9 Å². The minimum absolute atomic E-state index is 0.0349. The van der Waals surface area contributed by atoms with Crippen LogP contribution in [0.25, 0.3) is 0 Å². The van der Waals surface area contributed by atoms with Crippen LogP contribution in [0.4, 0.5) is 0 Å². The molecule has 2 heterocycles. The molecule has 0 fully saturated rings. The van der Waals surface area contributed by atoms with Crippen LogP contribution in [0.2, 0.25) is 0 Å². The molecule has 0 amide bonds. The van der Waals surface area contributed by atoms with Crippen LogP contribution in [0.3, 0.4) is 0 Å². The Balaban J connectivity index is 2.32. The van der Waals surface area contributed by atoms with Gasteiger partial charge >= 0.3 is 0 Å². The van der Waals surface area contributed by atoms with Crippen LogP contribution in [-0.2, 0) is 6.54 Å². The zero-order valence-electron chi connectivity index (χ0n) is 10.4. The molecule has 4 nitrogen and oxygen atoms in total. The highest BCUT2D eigenvalue weighted by Gasteiger charge is 2.17. The second kappa shape index (κ2) is 5.00. The Morgan fingerprint density at radius 1 is 1.53 bits per heavy atom. The second-order valence-electron chi connectivity index (χ2n) is 4.12. The first-order valence-corrected chi connectivity index (χ1v) is 6.52. The summed E-state index contributed by atoms with van der Waals surface area (Å²) in [5, 5.41) is 4.28. The Morgan fingerprint density at radius 3 is 2.76 bits per heavy atom. The van der Waals surface area contributed by atoms with Gasteiger partial charge in [0.2, 0.25) is 0 Å². The van der Waals surface area contributed by atoms with E-state index >= 15 is 0 Å². The van der Waals surface area contributed by atoms with Crippen molar-refractivity contribution in [1.82, 2.24) is 15.2 Å². The average molecular weight is 250 g/mol. The molecule has 0 aromatic carbocycles. The molecule has 5 heteroatoms. The highest BCUT2D eigenvalue weighted by molar-refractivity contribution is 7.12. The number of nitrogens with one attached hydrogen (secondary N) is 1. The van der Waals surface area contributed by atoms with Crippen LogP contribution in [0.5, 0.6) is 0 Å². The van der Waals surface area contributed by atoms with E-state index in [9.17, 15) is 0 Å². The molecule has 17 heavy (non-hydrogen) atoms. The number of aryl methyl sites for hydroxylation is 3. The Bertz CT molecular complexity index is 481. The van der Waals surface area contributed by atoms with Crippen LogP contribution in [-0.4, -0.2) is 9.78 Å². The van der Waals surface area contributed by atoms with E-state index in [2.05, 4.69) is 37.4 Å². The molecule has 0 aliphatic rings. The highest BCUT2D eigenvalue weighted by atomic mass is 32.1. The molecule has 2 aromatic heterocycles. The molecule has 1 atom stereocenters. The Hall–Kier alpha value is -1.17. The lowest BCUT2D eigenvalue weighted by Crippen LogP contribution is -2.27. The third-order valence-electron chi connectivity index (χ3n) is 2.95. The molecule has 3 N–H and O–H groups in total. The second-order valence-corrected chi connectivity index (χ2v) is 5.40. The molecular formula is C12H18N4S. The molecule has 0 aliphatic heterocycles. The van der Waals surface area contributed by atoms with E-state index in [1.54, 1.807) is 11.3 Å². The highest BCUT2D eigenvalue weighted by Crippen LogP contribution is 2.30. The summed E-state index contributed by atoms with van der Waals surface area (Å²) in [7, 11) is 0. The number of aromatic nitrogens is 2. The molecule has 0 saturated heterocycles. The van der Waals surface area contributed by atoms with Crippen LogP contribution in [0.15, 0.2) is 18.5 Å². The average Bonchev–Trinajstić information content (AvgIpc) is 2.89. The fraction of sp³-hybridized carbons (Fsp3) is 0.417. The van der Waals surface area contributed by atoms with E-state index in [0.29, 0.717) is 0 Å². The largest absolute Gasteiger partial charge is 0.273 e. The SMILES string of the molecule is CCn1cc(C(NN)c2cc(C)c(C)s2)cn1. The van der Waals surface area contributed by atoms with Crippen molar-refractivity contribution >= 4 is 11.3 Å². The molecule has 0 aliphatic carbocycles. The van der Waals surface area contributed by atoms with Crippen molar-refractivity contribution < 1.29 is 0 Å². The molecule has 92 valence electrons. The van der Waals surface area contributed by atoms with E-state index in [-0.39, 0.29) is 6.04 Å². The van der Waals surface area contributed by atoms with E-state index < -0.39 is 0 Å². The first-order valence-electron chi connectivity index (χ1n) is 5.71. The molecule has 0 radical (unpaired) electrons. The van der Waals surface area contributed by atoms with Gasteiger partial charge in [0.1, 0.15) is 0 Å². The van der Waals surface area contributed by atoms with Crippen molar-refractivity contribution in [2.24, 2.45) is 5.84 Å². The predicted molar refractivity (Wildman–Crippen MR) is 70.9 cm³/mol. The number of thiophene rings is 1. The predicted octanol–water partition coefficient (Wildman–Crippen LogP) is 2.13. The van der Waals surface area contributed by atoms with E-state index in [1.165, 1.54) is 15.3 Å². The zero-order valence-corrected chi connectivity index (χ0v) is 11.2. The number of nitrogens with zero attached hydrogens (tertiary/aromatic N) is 2. The van der Waals surface area contributed by atoms with Gasteiger partial charge in [-0.05, 0) is 32.4 Å². The van der Waals surface area contributed by atoms with Gasteiger partial charge in [0.15, 0.2) is 0 Å². The number of hydrazine groups is 1. The minimum atomic E-state index is 0.0349. The third-order valence-corrected chi connectivity index (χ3v) is 4.16. The summed E-state index contributed by atoms with van der Waals surface area (Å²) in [5.74, 6) is 5.67. The maximum atomic E-state index is 5.67. The molecule has 0 saturated carbocycles. The van der Waals surface area contributed by atoms with Gasteiger partial charge in [-0.15, -0.1) is 11.3 Å². The van der Waals surface area contributed by atoms with Gasteiger partial charge in [0.05, 0.1) is 12.2 Å². The van der Waals surface area contributed by atoms with Crippen molar-refractivity contribution in [2.45, 2.75) is 33.4 Å². The maximum Gasteiger partial charge on any atom is 0.0833 e. The maximum absolute atomic E-state index is 5.67. The lowest BCUT2D eigenvalue weighted by Gasteiger charge is -2.11. The third kappa shape index (κ3) is 2.41. The zero-order chi connectivity index (χ0) is 12.4. The van der Waals surface area contributed by atoms with Gasteiger partial charge in [-0.2, -0.15) is 5.10 Å². The standard InChI is InChI=1S/C12H18N4S/c1-4-16-7-10(6-14-16)12(15-13)11-5-8(2)9(3)17-11/h5-7,12,15H,4,13H2,1-3H3. The van der Waals surface area contributed by atoms with Gasteiger partial charge in [0.25, 0.3) is 0 Å². The molecular weight excluding hydrogens is 232 g/mol. The van der Waals surface area contributed by atoms with Crippen molar-refractivity contribution in [3.63, 3.8) is 0 Å². The number of rotatable bonds is 4. The first-order chi connectivity index (χ1) is 8.15. The fourth-order valence-corrected chi connectivity index (χ4v) is 2.92. The smallest absolute Gasteiger partial charge is 0.0833 e. The van der Waals surface area contributed by atoms with Crippen LogP contribution < -0.4 is 11.3 Å². The van der Waals surface area contributed by atoms with Crippen LogP contribution >= 0.6 is 11.3 Å². The summed E-state index contributed by atoms with van der Waals surface area (Å²) in [6.07, 6.45) is 3.91. The summed E-state index contributed by atoms with van der Waals surface area (Å²) < 4.78 is 1.91. The Kier molecular flexibility index (Phi) is 3.61. The Morgan fingerprint density at radius 2 is 2.29 bits per heavy atom. The summed E-state index contributed by atoms with van der Waals surface area (Å²) in [4.78, 5) is 2.57. The van der Waals surface area contributed by atoms with Crippen molar-refractivity contribution in [3.05, 3.63) is 39.3 Å². The summed E-state index contributed by atoms with van der Waals surface area (Å²) in [5.41, 5.74) is 5.29. The molecule has 2 aromatic rings. The van der Waals surface area contributed by atoms with Gasteiger partial charge in [-0.3, -0.25) is 10.5 Å².